The third-order valence-corrected chi connectivity index (χ3v) is 2.32. The Kier molecular flexibility index (Phi) is 5.22. The Labute approximate surface area is 86.7 Å². The predicted octanol–water partition coefficient (Wildman–Crippen LogP) is 2.04. The van der Waals surface area contributed by atoms with E-state index < -0.39 is 5.92 Å². The van der Waals surface area contributed by atoms with Gasteiger partial charge in [-0.2, -0.15) is 5.26 Å². The van der Waals surface area contributed by atoms with Gasteiger partial charge in [-0.1, -0.05) is 13.8 Å². The van der Waals surface area contributed by atoms with Crippen LogP contribution in [0, 0.1) is 23.2 Å². The molecule has 1 atom stereocenters. The van der Waals surface area contributed by atoms with Crippen molar-refractivity contribution >= 4 is 5.91 Å². The van der Waals surface area contributed by atoms with E-state index in [1.165, 1.54) is 0 Å². The summed E-state index contributed by atoms with van der Waals surface area (Å²) in [7, 11) is 0. The van der Waals surface area contributed by atoms with E-state index in [1.54, 1.807) is 4.90 Å². The second-order valence-corrected chi connectivity index (χ2v) is 4.07. The predicted molar refractivity (Wildman–Crippen MR) is 56.5 cm³/mol. The third kappa shape index (κ3) is 3.02. The van der Waals surface area contributed by atoms with Gasteiger partial charge in [0.05, 0.1) is 6.07 Å². The van der Waals surface area contributed by atoms with Crippen molar-refractivity contribution in [3.8, 4) is 6.07 Å². The van der Waals surface area contributed by atoms with Gasteiger partial charge in [-0.15, -0.1) is 0 Å². The Morgan fingerprint density at radius 1 is 1.36 bits per heavy atom. The van der Waals surface area contributed by atoms with Gasteiger partial charge in [0.1, 0.15) is 5.92 Å². The Morgan fingerprint density at radius 2 is 1.86 bits per heavy atom. The first kappa shape index (κ1) is 13.0. The lowest BCUT2D eigenvalue weighted by Gasteiger charge is -2.28. The molecule has 0 saturated heterocycles. The summed E-state index contributed by atoms with van der Waals surface area (Å²) in [6.07, 6.45) is 0. The van der Waals surface area contributed by atoms with Crippen LogP contribution in [-0.4, -0.2) is 23.4 Å². The maximum Gasteiger partial charge on any atom is 0.240 e. The summed E-state index contributed by atoms with van der Waals surface area (Å²) in [5.74, 6) is -0.461. The summed E-state index contributed by atoms with van der Waals surface area (Å²) in [5.41, 5.74) is 0. The van der Waals surface area contributed by atoms with E-state index in [4.69, 9.17) is 5.26 Å². The van der Waals surface area contributed by atoms with Gasteiger partial charge in [0.2, 0.25) is 5.91 Å². The molecule has 0 aromatic rings. The maximum atomic E-state index is 11.9. The van der Waals surface area contributed by atoms with E-state index in [2.05, 4.69) is 6.07 Å². The number of hydrogen-bond acceptors (Lipinski definition) is 2. The van der Waals surface area contributed by atoms with Gasteiger partial charge >= 0.3 is 0 Å². The first-order valence-electron chi connectivity index (χ1n) is 5.15. The third-order valence-electron chi connectivity index (χ3n) is 2.32. The van der Waals surface area contributed by atoms with E-state index in [-0.39, 0.29) is 17.9 Å². The maximum absolute atomic E-state index is 11.9. The molecule has 1 unspecified atom stereocenters. The van der Waals surface area contributed by atoms with Crippen molar-refractivity contribution in [1.82, 2.24) is 4.90 Å². The summed E-state index contributed by atoms with van der Waals surface area (Å²) in [6, 6.07) is 2.25. The van der Waals surface area contributed by atoms with Crippen LogP contribution in [0.2, 0.25) is 0 Å². The van der Waals surface area contributed by atoms with Crippen LogP contribution in [-0.2, 0) is 4.79 Å². The molecule has 0 saturated carbocycles. The largest absolute Gasteiger partial charge is 0.339 e. The van der Waals surface area contributed by atoms with Crippen molar-refractivity contribution < 1.29 is 4.79 Å². The normalized spacial score (nSPS) is 12.7. The molecule has 0 heterocycles. The number of hydrogen-bond donors (Lipinski definition) is 0. The summed E-state index contributed by atoms with van der Waals surface area (Å²) < 4.78 is 0. The molecule has 0 radical (unpaired) electrons. The SMILES string of the molecule is CCN(C(=O)C(C#N)C(C)C)C(C)C. The Balaban J connectivity index is 4.65. The lowest BCUT2D eigenvalue weighted by atomic mass is 9.95. The molecule has 0 N–H and O–H groups in total. The fourth-order valence-corrected chi connectivity index (χ4v) is 1.44. The molecular weight excluding hydrogens is 176 g/mol. The fraction of sp³-hybridized carbons (Fsp3) is 0.818. The molecule has 0 aliphatic heterocycles. The summed E-state index contributed by atoms with van der Waals surface area (Å²) in [5, 5.41) is 8.90. The van der Waals surface area contributed by atoms with E-state index in [9.17, 15) is 4.79 Å². The molecule has 3 heteroatoms. The van der Waals surface area contributed by atoms with Crippen LogP contribution in [0.5, 0.6) is 0 Å². The summed E-state index contributed by atoms with van der Waals surface area (Å²) in [4.78, 5) is 13.6. The molecular formula is C11H20N2O. The van der Waals surface area contributed by atoms with E-state index in [0.717, 1.165) is 0 Å². The van der Waals surface area contributed by atoms with Crippen LogP contribution in [0.1, 0.15) is 34.6 Å². The highest BCUT2D eigenvalue weighted by molar-refractivity contribution is 5.81. The van der Waals surface area contributed by atoms with E-state index in [0.29, 0.717) is 6.54 Å². The number of carbonyl (C=O) groups excluding carboxylic acids is 1. The smallest absolute Gasteiger partial charge is 0.240 e. The molecule has 0 aliphatic carbocycles. The number of nitriles is 1. The van der Waals surface area contributed by atoms with Crippen molar-refractivity contribution in [1.29, 1.82) is 5.26 Å². The van der Waals surface area contributed by atoms with Crippen LogP contribution in [0.25, 0.3) is 0 Å². The lowest BCUT2D eigenvalue weighted by molar-refractivity contribution is -0.136. The molecule has 0 bridgehead atoms. The van der Waals surface area contributed by atoms with Crippen LogP contribution in [0.3, 0.4) is 0 Å². The van der Waals surface area contributed by atoms with Gasteiger partial charge in [0.25, 0.3) is 0 Å². The number of amides is 1. The highest BCUT2D eigenvalue weighted by Crippen LogP contribution is 2.14. The molecule has 1 amide bonds. The zero-order valence-electron chi connectivity index (χ0n) is 9.74. The van der Waals surface area contributed by atoms with Gasteiger partial charge < -0.3 is 4.90 Å². The van der Waals surface area contributed by atoms with Crippen molar-refractivity contribution in [2.24, 2.45) is 11.8 Å². The van der Waals surface area contributed by atoms with Crippen LogP contribution in [0.4, 0.5) is 0 Å². The monoisotopic (exact) mass is 196 g/mol. The zero-order valence-corrected chi connectivity index (χ0v) is 9.74. The number of nitrogens with zero attached hydrogens (tertiary/aromatic N) is 2. The minimum absolute atomic E-state index is 0.0417. The van der Waals surface area contributed by atoms with Crippen LogP contribution < -0.4 is 0 Å². The Bertz CT molecular complexity index is 228. The van der Waals surface area contributed by atoms with Crippen molar-refractivity contribution in [3.63, 3.8) is 0 Å². The van der Waals surface area contributed by atoms with Gasteiger partial charge in [0, 0.05) is 12.6 Å². The standard InChI is InChI=1S/C11H20N2O/c1-6-13(9(4)5)11(14)10(7-12)8(2)3/h8-10H,6H2,1-5H3. The second-order valence-electron chi connectivity index (χ2n) is 4.07. The van der Waals surface area contributed by atoms with Crippen LogP contribution >= 0.6 is 0 Å². The van der Waals surface area contributed by atoms with E-state index >= 15 is 0 Å². The Hall–Kier alpha value is -1.04. The molecule has 0 rings (SSSR count). The minimum Gasteiger partial charge on any atom is -0.339 e. The second kappa shape index (κ2) is 5.64. The highest BCUT2D eigenvalue weighted by Gasteiger charge is 2.27. The van der Waals surface area contributed by atoms with Crippen molar-refractivity contribution in [3.05, 3.63) is 0 Å². The first-order valence-corrected chi connectivity index (χ1v) is 5.15. The van der Waals surface area contributed by atoms with Gasteiger partial charge in [-0.3, -0.25) is 4.79 Å². The average molecular weight is 196 g/mol. The van der Waals surface area contributed by atoms with E-state index in [1.807, 2.05) is 34.6 Å². The first-order chi connectivity index (χ1) is 6.45. The van der Waals surface area contributed by atoms with Gasteiger partial charge in [0.15, 0.2) is 0 Å². The quantitative estimate of drug-likeness (QED) is 0.690. The van der Waals surface area contributed by atoms with Crippen molar-refractivity contribution in [2.75, 3.05) is 6.54 Å². The molecule has 3 nitrogen and oxygen atoms in total. The molecule has 0 spiro atoms. The van der Waals surface area contributed by atoms with Crippen molar-refractivity contribution in [2.45, 2.75) is 40.7 Å². The Morgan fingerprint density at radius 3 is 2.07 bits per heavy atom. The molecule has 80 valence electrons. The molecule has 14 heavy (non-hydrogen) atoms. The highest BCUT2D eigenvalue weighted by atomic mass is 16.2. The number of carbonyl (C=O) groups is 1. The molecule has 0 aromatic carbocycles. The number of rotatable bonds is 4. The lowest BCUT2D eigenvalue weighted by Crippen LogP contribution is -2.41. The topological polar surface area (TPSA) is 44.1 Å². The molecule has 0 aromatic heterocycles. The zero-order chi connectivity index (χ0) is 11.3. The summed E-state index contributed by atoms with van der Waals surface area (Å²) >= 11 is 0. The minimum atomic E-state index is -0.502. The van der Waals surface area contributed by atoms with Gasteiger partial charge in [-0.05, 0) is 26.7 Å². The summed E-state index contributed by atoms with van der Waals surface area (Å²) in [6.45, 7) is 10.3. The fourth-order valence-electron chi connectivity index (χ4n) is 1.44. The molecule has 0 aliphatic rings. The molecule has 0 fully saturated rings. The van der Waals surface area contributed by atoms with Gasteiger partial charge in [-0.25, -0.2) is 0 Å². The van der Waals surface area contributed by atoms with Crippen LogP contribution in [0.15, 0.2) is 0 Å². The average Bonchev–Trinajstić information content (AvgIpc) is 2.04.